The largest absolute Gasteiger partial charge is 0.355 e. The van der Waals surface area contributed by atoms with Gasteiger partial charge in [0, 0.05) is 13.1 Å². The lowest BCUT2D eigenvalue weighted by atomic mass is 10.0. The van der Waals surface area contributed by atoms with Crippen molar-refractivity contribution in [2.24, 2.45) is 5.92 Å². The lowest BCUT2D eigenvalue weighted by Crippen LogP contribution is -2.35. The summed E-state index contributed by atoms with van der Waals surface area (Å²) in [5.41, 5.74) is 1.21. The van der Waals surface area contributed by atoms with Gasteiger partial charge in [-0.25, -0.2) is 4.98 Å². The molecule has 4 rings (SSSR count). The van der Waals surface area contributed by atoms with Crippen molar-refractivity contribution in [3.05, 3.63) is 46.8 Å². The molecule has 22 heavy (non-hydrogen) atoms. The summed E-state index contributed by atoms with van der Waals surface area (Å²) in [6, 6.07) is 11.3. The number of nitrogens with zero attached hydrogens (tertiary/aromatic N) is 4. The van der Waals surface area contributed by atoms with Crippen LogP contribution in [0.25, 0.3) is 16.6 Å². The monoisotopic (exact) mass is 294 g/mol. The van der Waals surface area contributed by atoms with Gasteiger partial charge in [0.1, 0.15) is 5.82 Å². The van der Waals surface area contributed by atoms with Gasteiger partial charge in [-0.2, -0.15) is 4.52 Å². The summed E-state index contributed by atoms with van der Waals surface area (Å²) in [5, 5.41) is 5.16. The van der Waals surface area contributed by atoms with E-state index in [-0.39, 0.29) is 5.56 Å². The predicted octanol–water partition coefficient (Wildman–Crippen LogP) is 2.48. The minimum absolute atomic E-state index is 0.104. The van der Waals surface area contributed by atoms with E-state index >= 15 is 0 Å². The number of fused-ring (bicyclic) bond motifs is 2. The van der Waals surface area contributed by atoms with Crippen LogP contribution in [0, 0.1) is 5.92 Å². The lowest BCUT2D eigenvalue weighted by molar-refractivity contribution is 0.443. The molecule has 112 valence electrons. The van der Waals surface area contributed by atoms with Crippen LogP contribution < -0.4 is 10.5 Å². The van der Waals surface area contributed by atoms with Crippen molar-refractivity contribution in [3.8, 4) is 0 Å². The summed E-state index contributed by atoms with van der Waals surface area (Å²) < 4.78 is 1.43. The first-order valence-corrected chi connectivity index (χ1v) is 7.76. The quantitative estimate of drug-likeness (QED) is 0.647. The minimum Gasteiger partial charge on any atom is -0.355 e. The van der Waals surface area contributed by atoms with E-state index in [0.717, 1.165) is 18.9 Å². The first-order valence-electron chi connectivity index (χ1n) is 7.76. The highest BCUT2D eigenvalue weighted by atomic mass is 16.1. The Hall–Kier alpha value is -2.43. The van der Waals surface area contributed by atoms with Crippen molar-refractivity contribution < 1.29 is 0 Å². The van der Waals surface area contributed by atoms with Crippen molar-refractivity contribution in [1.29, 1.82) is 0 Å². The molecule has 0 bridgehead atoms. The highest BCUT2D eigenvalue weighted by Crippen LogP contribution is 2.21. The minimum atomic E-state index is -0.104. The van der Waals surface area contributed by atoms with Crippen LogP contribution in [0.15, 0.2) is 41.2 Å². The van der Waals surface area contributed by atoms with Gasteiger partial charge in [-0.15, -0.1) is 5.10 Å². The molecule has 0 spiro atoms. The number of piperidine rings is 1. The highest BCUT2D eigenvalue weighted by molar-refractivity contribution is 5.79. The molecular formula is C17H18N4O. The zero-order valence-electron chi connectivity index (χ0n) is 12.6. The number of rotatable bonds is 1. The Kier molecular flexibility index (Phi) is 3.06. The van der Waals surface area contributed by atoms with Crippen LogP contribution in [-0.4, -0.2) is 27.7 Å². The average Bonchev–Trinajstić information content (AvgIpc) is 2.55. The van der Waals surface area contributed by atoms with Crippen LogP contribution in [0.2, 0.25) is 0 Å². The highest BCUT2D eigenvalue weighted by Gasteiger charge is 2.18. The molecule has 0 N–H and O–H groups in total. The lowest BCUT2D eigenvalue weighted by Gasteiger charge is -2.31. The summed E-state index contributed by atoms with van der Waals surface area (Å²) in [6.45, 7) is 4.25. The summed E-state index contributed by atoms with van der Waals surface area (Å²) in [7, 11) is 0. The van der Waals surface area contributed by atoms with Crippen LogP contribution in [0.1, 0.15) is 19.8 Å². The molecule has 0 saturated carbocycles. The van der Waals surface area contributed by atoms with E-state index in [2.05, 4.69) is 21.9 Å². The molecule has 1 fully saturated rings. The van der Waals surface area contributed by atoms with E-state index in [0.29, 0.717) is 22.5 Å². The maximum Gasteiger partial charge on any atom is 0.282 e. The van der Waals surface area contributed by atoms with Gasteiger partial charge in [0.25, 0.3) is 5.56 Å². The molecule has 1 aliphatic rings. The van der Waals surface area contributed by atoms with Gasteiger partial charge in [0.15, 0.2) is 5.65 Å². The van der Waals surface area contributed by atoms with Crippen molar-refractivity contribution in [2.75, 3.05) is 18.0 Å². The molecular weight excluding hydrogens is 276 g/mol. The van der Waals surface area contributed by atoms with Gasteiger partial charge in [-0.3, -0.25) is 4.79 Å². The van der Waals surface area contributed by atoms with Gasteiger partial charge in [-0.1, -0.05) is 19.1 Å². The second-order valence-electron chi connectivity index (χ2n) is 6.09. The molecule has 5 heteroatoms. The smallest absolute Gasteiger partial charge is 0.282 e. The molecule has 1 aliphatic heterocycles. The number of hydrogen-bond donors (Lipinski definition) is 0. The number of hydrogen-bond acceptors (Lipinski definition) is 4. The first-order chi connectivity index (χ1) is 10.7. The summed E-state index contributed by atoms with van der Waals surface area (Å²) in [6.07, 6.45) is 2.43. The normalized spacial score (nSPS) is 19.0. The maximum atomic E-state index is 12.6. The molecule has 3 heterocycles. The predicted molar refractivity (Wildman–Crippen MR) is 87.4 cm³/mol. The maximum absolute atomic E-state index is 12.6. The van der Waals surface area contributed by atoms with E-state index in [4.69, 9.17) is 0 Å². The molecule has 2 aromatic heterocycles. The summed E-state index contributed by atoms with van der Waals surface area (Å²) in [5.74, 6) is 1.52. The van der Waals surface area contributed by atoms with Crippen LogP contribution in [-0.2, 0) is 0 Å². The third kappa shape index (κ3) is 2.13. The van der Waals surface area contributed by atoms with Crippen LogP contribution in [0.5, 0.6) is 0 Å². The zero-order valence-corrected chi connectivity index (χ0v) is 12.6. The number of anilines is 1. The molecule has 1 saturated heterocycles. The third-order valence-corrected chi connectivity index (χ3v) is 4.34. The number of aromatic nitrogens is 3. The van der Waals surface area contributed by atoms with E-state index in [1.54, 1.807) is 6.07 Å². The van der Waals surface area contributed by atoms with Crippen LogP contribution in [0.3, 0.4) is 0 Å². The van der Waals surface area contributed by atoms with E-state index in [9.17, 15) is 4.79 Å². The van der Waals surface area contributed by atoms with Gasteiger partial charge in [-0.05, 0) is 43.0 Å². The molecule has 1 atom stereocenters. The molecule has 5 nitrogen and oxygen atoms in total. The van der Waals surface area contributed by atoms with E-state index in [1.165, 1.54) is 17.4 Å². The fraction of sp³-hybridized carbons (Fsp3) is 0.353. The van der Waals surface area contributed by atoms with Gasteiger partial charge >= 0.3 is 0 Å². The Morgan fingerprint density at radius 3 is 2.91 bits per heavy atom. The molecule has 3 aromatic rings. The standard InChI is InChI=1S/C17H18N4O/c1-12-5-4-10-20(11-12)16-9-8-15-18-14-7-3-2-6-13(14)17(22)21(15)19-16/h2-3,6-9,12H,4-5,10-11H2,1H3. The topological polar surface area (TPSA) is 50.5 Å². The van der Waals surface area contributed by atoms with Gasteiger partial charge < -0.3 is 4.90 Å². The average molecular weight is 294 g/mol. The summed E-state index contributed by atoms with van der Waals surface area (Å²) >= 11 is 0. The number of benzene rings is 1. The molecule has 1 aromatic carbocycles. The third-order valence-electron chi connectivity index (χ3n) is 4.34. The van der Waals surface area contributed by atoms with Crippen LogP contribution >= 0.6 is 0 Å². The first kappa shape index (κ1) is 13.2. The Balaban J connectivity index is 1.88. The fourth-order valence-corrected chi connectivity index (χ4v) is 3.20. The van der Waals surface area contributed by atoms with Gasteiger partial charge in [0.2, 0.25) is 0 Å². The van der Waals surface area contributed by atoms with Crippen molar-refractivity contribution >= 4 is 22.4 Å². The van der Waals surface area contributed by atoms with Gasteiger partial charge in [0.05, 0.1) is 10.9 Å². The van der Waals surface area contributed by atoms with E-state index in [1.807, 2.05) is 30.3 Å². The van der Waals surface area contributed by atoms with Crippen molar-refractivity contribution in [1.82, 2.24) is 14.6 Å². The molecule has 0 aliphatic carbocycles. The Morgan fingerprint density at radius 2 is 2.05 bits per heavy atom. The Bertz CT molecular complexity index is 902. The van der Waals surface area contributed by atoms with Crippen LogP contribution in [0.4, 0.5) is 5.82 Å². The zero-order chi connectivity index (χ0) is 15.1. The second-order valence-corrected chi connectivity index (χ2v) is 6.09. The van der Waals surface area contributed by atoms with Crippen molar-refractivity contribution in [2.45, 2.75) is 19.8 Å². The van der Waals surface area contributed by atoms with E-state index < -0.39 is 0 Å². The fourth-order valence-electron chi connectivity index (χ4n) is 3.20. The molecule has 0 radical (unpaired) electrons. The summed E-state index contributed by atoms with van der Waals surface area (Å²) in [4.78, 5) is 19.4. The van der Waals surface area contributed by atoms with Crippen molar-refractivity contribution in [3.63, 3.8) is 0 Å². The Labute approximate surface area is 128 Å². The second kappa shape index (κ2) is 5.09. The number of para-hydroxylation sites is 1. The Morgan fingerprint density at radius 1 is 1.18 bits per heavy atom. The SMILES string of the molecule is CC1CCCN(c2ccc3nc4ccccc4c(=O)n3n2)C1. The molecule has 1 unspecified atom stereocenters. The molecule has 0 amide bonds.